The average molecular weight is 212 g/mol. The highest BCUT2D eigenvalue weighted by atomic mass is 35.5. The highest BCUT2D eigenvalue weighted by molar-refractivity contribution is 6.29. The van der Waals surface area contributed by atoms with Crippen molar-refractivity contribution >= 4 is 17.4 Å². The van der Waals surface area contributed by atoms with Gasteiger partial charge in [-0.3, -0.25) is 0 Å². The third-order valence-electron chi connectivity index (χ3n) is 1.71. The van der Waals surface area contributed by atoms with Gasteiger partial charge in [-0.05, 0) is 13.3 Å². The van der Waals surface area contributed by atoms with E-state index in [-0.39, 0.29) is 0 Å². The van der Waals surface area contributed by atoms with Crippen LogP contribution in [0.15, 0.2) is 17.7 Å². The second-order valence-corrected chi connectivity index (χ2v) is 3.55. The Morgan fingerprint density at radius 3 is 2.86 bits per heavy atom. The maximum absolute atomic E-state index is 5.64. The SMILES string of the molecule is C=C(Cl)CNc1cc(CC)nc(C)n1. The zero-order valence-electron chi connectivity index (χ0n) is 8.47. The van der Waals surface area contributed by atoms with Crippen LogP contribution in [0, 0.1) is 6.92 Å². The van der Waals surface area contributed by atoms with Crippen molar-refractivity contribution in [3.63, 3.8) is 0 Å². The molecule has 1 heterocycles. The number of anilines is 1. The molecule has 0 radical (unpaired) electrons. The minimum atomic E-state index is 0.529. The Morgan fingerprint density at radius 2 is 2.29 bits per heavy atom. The Hall–Kier alpha value is -1.09. The first kappa shape index (κ1) is 11.0. The Morgan fingerprint density at radius 1 is 1.57 bits per heavy atom. The van der Waals surface area contributed by atoms with Gasteiger partial charge in [0.2, 0.25) is 0 Å². The van der Waals surface area contributed by atoms with E-state index >= 15 is 0 Å². The molecule has 0 aliphatic rings. The van der Waals surface area contributed by atoms with Crippen molar-refractivity contribution in [1.82, 2.24) is 9.97 Å². The molecule has 0 saturated carbocycles. The minimum Gasteiger partial charge on any atom is -0.365 e. The molecule has 4 heteroatoms. The molecule has 1 rings (SSSR count). The van der Waals surface area contributed by atoms with E-state index < -0.39 is 0 Å². The second-order valence-electron chi connectivity index (χ2n) is 3.02. The van der Waals surface area contributed by atoms with Crippen LogP contribution in [0.4, 0.5) is 5.82 Å². The summed E-state index contributed by atoms with van der Waals surface area (Å²) in [6.07, 6.45) is 0.903. The van der Waals surface area contributed by atoms with E-state index in [1.807, 2.05) is 13.0 Å². The zero-order valence-corrected chi connectivity index (χ0v) is 9.23. The van der Waals surface area contributed by atoms with Gasteiger partial charge < -0.3 is 5.32 Å². The van der Waals surface area contributed by atoms with Crippen LogP contribution in [-0.4, -0.2) is 16.5 Å². The summed E-state index contributed by atoms with van der Waals surface area (Å²) in [6, 6.07) is 1.92. The van der Waals surface area contributed by atoms with E-state index in [1.54, 1.807) is 0 Å². The molecule has 0 saturated heterocycles. The molecular formula is C10H14ClN3. The number of hydrogen-bond donors (Lipinski definition) is 1. The van der Waals surface area contributed by atoms with E-state index in [2.05, 4.69) is 28.8 Å². The molecular weight excluding hydrogens is 198 g/mol. The fourth-order valence-electron chi connectivity index (χ4n) is 1.09. The summed E-state index contributed by atoms with van der Waals surface area (Å²) in [5, 5.41) is 3.65. The topological polar surface area (TPSA) is 37.8 Å². The lowest BCUT2D eigenvalue weighted by atomic mass is 10.3. The summed E-state index contributed by atoms with van der Waals surface area (Å²) in [6.45, 7) is 8.06. The van der Waals surface area contributed by atoms with Gasteiger partial charge >= 0.3 is 0 Å². The van der Waals surface area contributed by atoms with Crippen LogP contribution in [0.25, 0.3) is 0 Å². The molecule has 14 heavy (non-hydrogen) atoms. The van der Waals surface area contributed by atoms with Crippen molar-refractivity contribution in [1.29, 1.82) is 0 Å². The summed E-state index contributed by atoms with van der Waals surface area (Å²) < 4.78 is 0. The molecule has 3 nitrogen and oxygen atoms in total. The smallest absolute Gasteiger partial charge is 0.130 e. The summed E-state index contributed by atoms with van der Waals surface area (Å²) in [5.41, 5.74) is 1.03. The Kier molecular flexibility index (Phi) is 3.89. The third-order valence-corrected chi connectivity index (χ3v) is 1.85. The fraction of sp³-hybridized carbons (Fsp3) is 0.400. The lowest BCUT2D eigenvalue weighted by Gasteiger charge is -2.06. The highest BCUT2D eigenvalue weighted by Crippen LogP contribution is 2.08. The van der Waals surface area contributed by atoms with Crippen molar-refractivity contribution in [2.75, 3.05) is 11.9 Å². The van der Waals surface area contributed by atoms with E-state index in [0.29, 0.717) is 11.6 Å². The second kappa shape index (κ2) is 4.96. The minimum absolute atomic E-state index is 0.529. The van der Waals surface area contributed by atoms with Crippen molar-refractivity contribution in [2.45, 2.75) is 20.3 Å². The van der Waals surface area contributed by atoms with Gasteiger partial charge in [-0.1, -0.05) is 25.1 Å². The summed E-state index contributed by atoms with van der Waals surface area (Å²) in [4.78, 5) is 8.50. The van der Waals surface area contributed by atoms with Crippen LogP contribution in [0.1, 0.15) is 18.4 Å². The van der Waals surface area contributed by atoms with Crippen LogP contribution in [0.2, 0.25) is 0 Å². The Bertz CT molecular complexity index is 336. The fourth-order valence-corrected chi connectivity index (χ4v) is 1.15. The first-order valence-electron chi connectivity index (χ1n) is 4.53. The first-order valence-corrected chi connectivity index (χ1v) is 4.91. The number of nitrogens with one attached hydrogen (secondary N) is 1. The predicted octanol–water partition coefficient (Wildman–Crippen LogP) is 2.51. The molecule has 0 spiro atoms. The number of aryl methyl sites for hydroxylation is 2. The molecule has 0 aliphatic carbocycles. The van der Waals surface area contributed by atoms with Gasteiger partial charge in [-0.15, -0.1) is 0 Å². The molecule has 1 aromatic rings. The molecule has 1 N–H and O–H groups in total. The summed E-state index contributed by atoms with van der Waals surface area (Å²) in [7, 11) is 0. The molecule has 0 unspecified atom stereocenters. The molecule has 0 fully saturated rings. The Balaban J connectivity index is 2.76. The monoisotopic (exact) mass is 211 g/mol. The van der Waals surface area contributed by atoms with Gasteiger partial charge in [-0.2, -0.15) is 0 Å². The predicted molar refractivity (Wildman–Crippen MR) is 59.6 cm³/mol. The summed E-state index contributed by atoms with van der Waals surface area (Å²) >= 11 is 5.64. The maximum Gasteiger partial charge on any atom is 0.130 e. The van der Waals surface area contributed by atoms with E-state index in [4.69, 9.17) is 11.6 Å². The van der Waals surface area contributed by atoms with Gasteiger partial charge in [0.15, 0.2) is 0 Å². The van der Waals surface area contributed by atoms with E-state index in [1.165, 1.54) is 0 Å². The molecule has 0 aromatic carbocycles. The first-order chi connectivity index (χ1) is 6.61. The standard InChI is InChI=1S/C10H14ClN3/c1-4-9-5-10(12-6-7(2)11)14-8(3)13-9/h5H,2,4,6H2,1,3H3,(H,12,13,14). The van der Waals surface area contributed by atoms with E-state index in [9.17, 15) is 0 Å². The number of hydrogen-bond acceptors (Lipinski definition) is 3. The molecule has 0 aliphatic heterocycles. The molecule has 0 amide bonds. The van der Waals surface area contributed by atoms with Gasteiger partial charge in [0, 0.05) is 16.8 Å². The number of nitrogens with zero attached hydrogens (tertiary/aromatic N) is 2. The lowest BCUT2D eigenvalue weighted by molar-refractivity contribution is 0.948. The normalized spacial score (nSPS) is 9.93. The van der Waals surface area contributed by atoms with Gasteiger partial charge in [-0.25, -0.2) is 9.97 Å². The Labute approximate surface area is 89.2 Å². The van der Waals surface area contributed by atoms with Crippen LogP contribution < -0.4 is 5.32 Å². The highest BCUT2D eigenvalue weighted by Gasteiger charge is 1.99. The number of rotatable bonds is 4. The van der Waals surface area contributed by atoms with Gasteiger partial charge in [0.05, 0.1) is 6.54 Å². The largest absolute Gasteiger partial charge is 0.365 e. The molecule has 0 atom stereocenters. The quantitative estimate of drug-likeness (QED) is 0.832. The van der Waals surface area contributed by atoms with Crippen molar-refractivity contribution < 1.29 is 0 Å². The summed E-state index contributed by atoms with van der Waals surface area (Å²) in [5.74, 6) is 1.57. The van der Waals surface area contributed by atoms with Crippen molar-refractivity contribution in [3.05, 3.63) is 29.2 Å². The lowest BCUT2D eigenvalue weighted by Crippen LogP contribution is -2.05. The van der Waals surface area contributed by atoms with Gasteiger partial charge in [0.1, 0.15) is 11.6 Å². The number of aromatic nitrogens is 2. The third kappa shape index (κ3) is 3.34. The van der Waals surface area contributed by atoms with Crippen LogP contribution in [0.5, 0.6) is 0 Å². The van der Waals surface area contributed by atoms with Gasteiger partial charge in [0.25, 0.3) is 0 Å². The zero-order chi connectivity index (χ0) is 10.6. The average Bonchev–Trinajstić information content (AvgIpc) is 2.14. The molecule has 76 valence electrons. The number of halogens is 1. The van der Waals surface area contributed by atoms with Crippen LogP contribution in [-0.2, 0) is 6.42 Å². The maximum atomic E-state index is 5.64. The van der Waals surface area contributed by atoms with E-state index in [0.717, 1.165) is 23.8 Å². The molecule has 0 bridgehead atoms. The van der Waals surface area contributed by atoms with Crippen LogP contribution in [0.3, 0.4) is 0 Å². The van der Waals surface area contributed by atoms with Crippen molar-refractivity contribution in [3.8, 4) is 0 Å². The molecule has 1 aromatic heterocycles. The van der Waals surface area contributed by atoms with Crippen LogP contribution >= 0.6 is 11.6 Å². The van der Waals surface area contributed by atoms with Crippen molar-refractivity contribution in [2.24, 2.45) is 0 Å².